The van der Waals surface area contributed by atoms with Crippen LogP contribution in [-0.2, 0) is 6.54 Å². The number of nitrogens with zero attached hydrogens (tertiary/aromatic N) is 2. The van der Waals surface area contributed by atoms with Gasteiger partial charge in [-0.25, -0.2) is 0 Å². The fourth-order valence-electron chi connectivity index (χ4n) is 3.55. The fraction of sp³-hybridized carbons (Fsp3) is 0.409. The third kappa shape index (κ3) is 5.04. The summed E-state index contributed by atoms with van der Waals surface area (Å²) >= 11 is 0. The lowest BCUT2D eigenvalue weighted by Gasteiger charge is -2.21. The molecule has 0 bridgehead atoms. The van der Waals surface area contributed by atoms with Crippen LogP contribution in [-0.4, -0.2) is 53.5 Å². The monoisotopic (exact) mass is 398 g/mol. The number of para-hydroxylation sites is 1. The highest BCUT2D eigenvalue weighted by Crippen LogP contribution is 2.34. The van der Waals surface area contributed by atoms with Gasteiger partial charge in [-0.3, -0.25) is 4.99 Å². The molecule has 2 aromatic carbocycles. The lowest BCUT2D eigenvalue weighted by molar-refractivity contribution is 0.347. The summed E-state index contributed by atoms with van der Waals surface area (Å²) in [6, 6.07) is 14.6. The Labute approximate surface area is 172 Å². The number of benzene rings is 2. The summed E-state index contributed by atoms with van der Waals surface area (Å²) in [5.74, 6) is 2.81. The largest absolute Gasteiger partial charge is 0.496 e. The summed E-state index contributed by atoms with van der Waals surface area (Å²) < 4.78 is 16.3. The standard InChI is InChI=1S/C22H30N4O3/c1-23-22(25-17-10-11-26(15-17)18-8-6-5-7-9-18)24-14-16-12-20(28-3)21(29-4)13-19(16)27-2/h5-9,12-13,17H,10-11,14-15H2,1-4H3,(H2,23,24,25). The van der Waals surface area contributed by atoms with E-state index in [0.29, 0.717) is 24.1 Å². The molecule has 0 aliphatic carbocycles. The first-order valence-corrected chi connectivity index (χ1v) is 9.74. The van der Waals surface area contributed by atoms with Crippen LogP contribution < -0.4 is 29.7 Å². The Morgan fingerprint density at radius 2 is 1.72 bits per heavy atom. The Kier molecular flexibility index (Phi) is 7.05. The van der Waals surface area contributed by atoms with Crippen LogP contribution >= 0.6 is 0 Å². The first-order valence-electron chi connectivity index (χ1n) is 9.74. The molecular formula is C22H30N4O3. The molecule has 0 spiro atoms. The van der Waals surface area contributed by atoms with E-state index in [1.807, 2.05) is 18.2 Å². The first-order chi connectivity index (χ1) is 14.2. The lowest BCUT2D eigenvalue weighted by atomic mass is 10.1. The van der Waals surface area contributed by atoms with Crippen molar-refractivity contribution in [2.24, 2.45) is 4.99 Å². The van der Waals surface area contributed by atoms with Crippen molar-refractivity contribution >= 4 is 11.6 Å². The molecule has 1 saturated heterocycles. The van der Waals surface area contributed by atoms with Crippen LogP contribution in [0.4, 0.5) is 5.69 Å². The van der Waals surface area contributed by atoms with Crippen LogP contribution in [0.25, 0.3) is 0 Å². The average molecular weight is 399 g/mol. The second-order valence-electron chi connectivity index (χ2n) is 6.86. The van der Waals surface area contributed by atoms with E-state index in [1.54, 1.807) is 28.4 Å². The van der Waals surface area contributed by atoms with Crippen molar-refractivity contribution in [3.05, 3.63) is 48.0 Å². The molecule has 2 N–H and O–H groups in total. The Bertz CT molecular complexity index is 826. The number of nitrogens with one attached hydrogen (secondary N) is 2. The highest BCUT2D eigenvalue weighted by atomic mass is 16.5. The fourth-order valence-corrected chi connectivity index (χ4v) is 3.55. The second-order valence-corrected chi connectivity index (χ2v) is 6.86. The highest BCUT2D eigenvalue weighted by molar-refractivity contribution is 5.80. The third-order valence-corrected chi connectivity index (χ3v) is 5.11. The zero-order valence-electron chi connectivity index (χ0n) is 17.6. The van der Waals surface area contributed by atoms with Crippen molar-refractivity contribution in [2.75, 3.05) is 46.4 Å². The number of methoxy groups -OCH3 is 3. The molecule has 1 unspecified atom stereocenters. The lowest BCUT2D eigenvalue weighted by Crippen LogP contribution is -2.44. The first kappa shape index (κ1) is 20.6. The molecule has 3 rings (SSSR count). The van der Waals surface area contributed by atoms with E-state index in [0.717, 1.165) is 36.8 Å². The summed E-state index contributed by atoms with van der Waals surface area (Å²) in [5.41, 5.74) is 2.22. The SMILES string of the molecule is CN=C(NCc1cc(OC)c(OC)cc1OC)NC1CCN(c2ccccc2)C1. The van der Waals surface area contributed by atoms with Crippen LogP contribution in [0.15, 0.2) is 47.5 Å². The minimum atomic E-state index is 0.341. The van der Waals surface area contributed by atoms with E-state index in [9.17, 15) is 0 Å². The van der Waals surface area contributed by atoms with Crippen LogP contribution in [0.2, 0.25) is 0 Å². The zero-order chi connectivity index (χ0) is 20.6. The Morgan fingerprint density at radius 1 is 1.03 bits per heavy atom. The minimum absolute atomic E-state index is 0.341. The van der Waals surface area contributed by atoms with Gasteiger partial charge < -0.3 is 29.7 Å². The predicted molar refractivity (Wildman–Crippen MR) is 116 cm³/mol. The maximum absolute atomic E-state index is 5.51. The van der Waals surface area contributed by atoms with Gasteiger partial charge in [0.1, 0.15) is 5.75 Å². The topological polar surface area (TPSA) is 67.4 Å². The normalized spacial score (nSPS) is 16.5. The number of anilines is 1. The number of hydrogen-bond acceptors (Lipinski definition) is 5. The summed E-state index contributed by atoms with van der Waals surface area (Å²) in [7, 11) is 6.67. The number of hydrogen-bond donors (Lipinski definition) is 2. The number of guanidine groups is 1. The van der Waals surface area contributed by atoms with Gasteiger partial charge in [-0.1, -0.05) is 18.2 Å². The van der Waals surface area contributed by atoms with Crippen LogP contribution in [0.3, 0.4) is 0 Å². The summed E-state index contributed by atoms with van der Waals surface area (Å²) in [6.07, 6.45) is 1.06. The number of rotatable bonds is 7. The molecular weight excluding hydrogens is 368 g/mol. The molecule has 1 atom stereocenters. The van der Waals surface area contributed by atoms with Gasteiger partial charge in [0, 0.05) is 50.0 Å². The van der Waals surface area contributed by atoms with Gasteiger partial charge in [0.15, 0.2) is 17.5 Å². The molecule has 2 aromatic rings. The molecule has 0 amide bonds. The maximum atomic E-state index is 5.51. The van der Waals surface area contributed by atoms with E-state index in [1.165, 1.54) is 5.69 Å². The summed E-state index contributed by atoms with van der Waals surface area (Å²) in [5, 5.41) is 6.90. The molecule has 1 fully saturated rings. The molecule has 156 valence electrons. The molecule has 7 nitrogen and oxygen atoms in total. The predicted octanol–water partition coefficient (Wildman–Crippen LogP) is 2.66. The van der Waals surface area contributed by atoms with Gasteiger partial charge in [0.2, 0.25) is 0 Å². The molecule has 0 saturated carbocycles. The Balaban J connectivity index is 1.60. The van der Waals surface area contributed by atoms with Gasteiger partial charge in [-0.2, -0.15) is 0 Å². The zero-order valence-corrected chi connectivity index (χ0v) is 17.6. The number of aliphatic imine (C=N–C) groups is 1. The molecule has 29 heavy (non-hydrogen) atoms. The molecule has 1 heterocycles. The molecule has 1 aliphatic rings. The van der Waals surface area contributed by atoms with Gasteiger partial charge in [0.05, 0.1) is 21.3 Å². The van der Waals surface area contributed by atoms with Crippen molar-refractivity contribution in [2.45, 2.75) is 19.0 Å². The third-order valence-electron chi connectivity index (χ3n) is 5.11. The van der Waals surface area contributed by atoms with Crippen molar-refractivity contribution in [3.8, 4) is 17.2 Å². The van der Waals surface area contributed by atoms with Gasteiger partial charge in [0.25, 0.3) is 0 Å². The van der Waals surface area contributed by atoms with Gasteiger partial charge >= 0.3 is 0 Å². The molecule has 1 aliphatic heterocycles. The van der Waals surface area contributed by atoms with Crippen molar-refractivity contribution < 1.29 is 14.2 Å². The maximum Gasteiger partial charge on any atom is 0.191 e. The minimum Gasteiger partial charge on any atom is -0.496 e. The summed E-state index contributed by atoms with van der Waals surface area (Å²) in [4.78, 5) is 6.77. The molecule has 7 heteroatoms. The second kappa shape index (κ2) is 9.91. The summed E-state index contributed by atoms with van der Waals surface area (Å²) in [6.45, 7) is 2.53. The van der Waals surface area contributed by atoms with E-state index >= 15 is 0 Å². The smallest absolute Gasteiger partial charge is 0.191 e. The number of ether oxygens (including phenoxy) is 3. The Morgan fingerprint density at radius 3 is 2.38 bits per heavy atom. The van der Waals surface area contributed by atoms with E-state index in [-0.39, 0.29) is 0 Å². The quantitative estimate of drug-likeness (QED) is 0.552. The van der Waals surface area contributed by atoms with E-state index in [2.05, 4.69) is 44.8 Å². The van der Waals surface area contributed by atoms with Crippen LogP contribution in [0, 0.1) is 0 Å². The van der Waals surface area contributed by atoms with E-state index < -0.39 is 0 Å². The van der Waals surface area contributed by atoms with Crippen molar-refractivity contribution in [3.63, 3.8) is 0 Å². The highest BCUT2D eigenvalue weighted by Gasteiger charge is 2.23. The average Bonchev–Trinajstić information content (AvgIpc) is 3.25. The van der Waals surface area contributed by atoms with Crippen LogP contribution in [0.1, 0.15) is 12.0 Å². The van der Waals surface area contributed by atoms with Crippen LogP contribution in [0.5, 0.6) is 17.2 Å². The molecule has 0 aromatic heterocycles. The molecule has 0 radical (unpaired) electrons. The van der Waals surface area contributed by atoms with Gasteiger partial charge in [-0.05, 0) is 24.6 Å². The van der Waals surface area contributed by atoms with Crippen molar-refractivity contribution in [1.29, 1.82) is 0 Å². The Hall–Kier alpha value is -3.09. The van der Waals surface area contributed by atoms with Crippen molar-refractivity contribution in [1.82, 2.24) is 10.6 Å². The van der Waals surface area contributed by atoms with Gasteiger partial charge in [-0.15, -0.1) is 0 Å². The van der Waals surface area contributed by atoms with E-state index in [4.69, 9.17) is 14.2 Å².